The van der Waals surface area contributed by atoms with Crippen LogP contribution in [0.5, 0.6) is 0 Å². The topological polar surface area (TPSA) is 75.5 Å². The number of amides is 1. The monoisotopic (exact) mass is 365 g/mol. The predicted molar refractivity (Wildman–Crippen MR) is 95.5 cm³/mol. The minimum absolute atomic E-state index is 0.0622. The first kappa shape index (κ1) is 16.9. The Hall–Kier alpha value is -1.99. The average molecular weight is 366 g/mol. The summed E-state index contributed by atoms with van der Waals surface area (Å²) in [6, 6.07) is 4.56. The Balaban J connectivity index is 1.86. The number of carbonyl (C=O) groups excluding carboxylic acids is 1. The van der Waals surface area contributed by atoms with Gasteiger partial charge in [0.2, 0.25) is 0 Å². The van der Waals surface area contributed by atoms with Gasteiger partial charge < -0.3 is 5.32 Å². The van der Waals surface area contributed by atoms with Crippen LogP contribution in [0.25, 0.3) is 6.08 Å². The second-order valence-corrected chi connectivity index (χ2v) is 6.72. The second-order valence-electron chi connectivity index (χ2n) is 5.92. The highest BCUT2D eigenvalue weighted by Gasteiger charge is 2.36. The van der Waals surface area contributed by atoms with Gasteiger partial charge in [0.1, 0.15) is 10.7 Å². The van der Waals surface area contributed by atoms with E-state index in [-0.39, 0.29) is 22.7 Å². The zero-order valence-electron chi connectivity index (χ0n) is 12.8. The lowest BCUT2D eigenvalue weighted by atomic mass is 9.94. The molecule has 126 valence electrons. The van der Waals surface area contributed by atoms with Gasteiger partial charge in [-0.2, -0.15) is 0 Å². The molecule has 6 nitrogen and oxygen atoms in total. The van der Waals surface area contributed by atoms with Gasteiger partial charge in [-0.15, -0.1) is 0 Å². The standard InChI is InChI=1S/C16H16ClN3O3S/c17-12-7-6-10(9-14(12)20(22)23)8-13-15(21)19(16(24)18-13)11-4-2-1-3-5-11/h6-9,11H,1-5H2,(H,18,24)/b13-8-. The highest BCUT2D eigenvalue weighted by atomic mass is 35.5. The van der Waals surface area contributed by atoms with E-state index >= 15 is 0 Å². The quantitative estimate of drug-likeness (QED) is 0.383. The average Bonchev–Trinajstić information content (AvgIpc) is 2.83. The summed E-state index contributed by atoms with van der Waals surface area (Å²) < 4.78 is 0. The molecule has 3 rings (SSSR count). The maximum atomic E-state index is 12.7. The Morgan fingerprint density at radius 1 is 1.33 bits per heavy atom. The number of benzene rings is 1. The highest BCUT2D eigenvalue weighted by Crippen LogP contribution is 2.29. The molecule has 1 aliphatic carbocycles. The number of nitrogens with zero attached hydrogens (tertiary/aromatic N) is 2. The fourth-order valence-electron chi connectivity index (χ4n) is 3.15. The number of halogens is 1. The Kier molecular flexibility index (Phi) is 4.82. The summed E-state index contributed by atoms with van der Waals surface area (Å²) in [4.78, 5) is 24.7. The van der Waals surface area contributed by atoms with Crippen molar-refractivity contribution in [2.75, 3.05) is 0 Å². The zero-order valence-corrected chi connectivity index (χ0v) is 14.4. The minimum Gasteiger partial charge on any atom is -0.328 e. The Bertz CT molecular complexity index is 744. The molecule has 1 aromatic carbocycles. The summed E-state index contributed by atoms with van der Waals surface area (Å²) >= 11 is 11.1. The third kappa shape index (κ3) is 3.27. The molecule has 0 radical (unpaired) electrons. The fourth-order valence-corrected chi connectivity index (χ4v) is 3.67. The first-order chi connectivity index (χ1) is 11.5. The third-order valence-electron chi connectivity index (χ3n) is 4.33. The maximum Gasteiger partial charge on any atom is 0.288 e. The number of nitrogens with one attached hydrogen (secondary N) is 1. The van der Waals surface area contributed by atoms with Gasteiger partial charge in [0.25, 0.3) is 11.6 Å². The van der Waals surface area contributed by atoms with E-state index in [2.05, 4.69) is 5.32 Å². The van der Waals surface area contributed by atoms with Crippen LogP contribution >= 0.6 is 23.8 Å². The first-order valence-corrected chi connectivity index (χ1v) is 8.56. The van der Waals surface area contributed by atoms with Crippen LogP contribution in [0.3, 0.4) is 0 Å². The number of hydrogen-bond acceptors (Lipinski definition) is 4. The van der Waals surface area contributed by atoms with Crippen molar-refractivity contribution in [2.45, 2.75) is 38.1 Å². The van der Waals surface area contributed by atoms with Crippen LogP contribution < -0.4 is 5.32 Å². The van der Waals surface area contributed by atoms with Gasteiger partial charge in [0.15, 0.2) is 5.11 Å². The van der Waals surface area contributed by atoms with Crippen molar-refractivity contribution in [1.29, 1.82) is 0 Å². The summed E-state index contributed by atoms with van der Waals surface area (Å²) in [5, 5.41) is 14.4. The van der Waals surface area contributed by atoms with Gasteiger partial charge in [0.05, 0.1) is 4.92 Å². The molecule has 0 unspecified atom stereocenters. The van der Waals surface area contributed by atoms with Crippen molar-refractivity contribution in [3.05, 3.63) is 44.6 Å². The number of nitro groups is 1. The molecule has 2 aliphatic rings. The molecular formula is C16H16ClN3O3S. The molecule has 1 aliphatic heterocycles. The number of hydrogen-bond donors (Lipinski definition) is 1. The van der Waals surface area contributed by atoms with E-state index in [1.807, 2.05) is 0 Å². The van der Waals surface area contributed by atoms with Gasteiger partial charge in [-0.3, -0.25) is 19.8 Å². The molecule has 0 aromatic heterocycles. The number of carbonyl (C=O) groups is 1. The molecule has 1 N–H and O–H groups in total. The molecule has 0 spiro atoms. The molecule has 1 saturated heterocycles. The van der Waals surface area contributed by atoms with Crippen LogP contribution in [0.1, 0.15) is 37.7 Å². The first-order valence-electron chi connectivity index (χ1n) is 7.77. The molecule has 2 fully saturated rings. The second kappa shape index (κ2) is 6.86. The number of rotatable bonds is 3. The van der Waals surface area contributed by atoms with Crippen LogP contribution in [-0.2, 0) is 4.79 Å². The number of nitro benzene ring substituents is 1. The van der Waals surface area contributed by atoms with E-state index < -0.39 is 4.92 Å². The third-order valence-corrected chi connectivity index (χ3v) is 4.95. The van der Waals surface area contributed by atoms with Gasteiger partial charge in [-0.1, -0.05) is 36.9 Å². The van der Waals surface area contributed by atoms with Gasteiger partial charge >= 0.3 is 0 Å². The highest BCUT2D eigenvalue weighted by molar-refractivity contribution is 7.80. The van der Waals surface area contributed by atoms with Crippen molar-refractivity contribution in [2.24, 2.45) is 0 Å². The van der Waals surface area contributed by atoms with Crippen LogP contribution in [0, 0.1) is 10.1 Å². The van der Waals surface area contributed by atoms with Crippen molar-refractivity contribution in [1.82, 2.24) is 10.2 Å². The lowest BCUT2D eigenvalue weighted by Gasteiger charge is -2.29. The summed E-state index contributed by atoms with van der Waals surface area (Å²) in [5.41, 5.74) is 0.667. The Labute approximate surface area is 149 Å². The van der Waals surface area contributed by atoms with Gasteiger partial charge in [-0.05, 0) is 42.8 Å². The molecule has 24 heavy (non-hydrogen) atoms. The van der Waals surface area contributed by atoms with Crippen molar-refractivity contribution in [3.63, 3.8) is 0 Å². The molecule has 1 heterocycles. The van der Waals surface area contributed by atoms with E-state index in [1.165, 1.54) is 18.6 Å². The lowest BCUT2D eigenvalue weighted by Crippen LogP contribution is -2.41. The van der Waals surface area contributed by atoms with E-state index in [1.54, 1.807) is 17.0 Å². The number of thiocarbonyl (C=S) groups is 1. The van der Waals surface area contributed by atoms with Crippen molar-refractivity contribution >= 4 is 46.6 Å². The summed E-state index contributed by atoms with van der Waals surface area (Å²) in [6.45, 7) is 0. The van der Waals surface area contributed by atoms with Crippen LogP contribution in [0.2, 0.25) is 5.02 Å². The normalized spacial score (nSPS) is 20.5. The van der Waals surface area contributed by atoms with Crippen LogP contribution in [0.4, 0.5) is 5.69 Å². The molecule has 0 atom stereocenters. The van der Waals surface area contributed by atoms with E-state index in [0.29, 0.717) is 16.4 Å². The minimum atomic E-state index is -0.548. The summed E-state index contributed by atoms with van der Waals surface area (Å²) in [7, 11) is 0. The van der Waals surface area contributed by atoms with Crippen LogP contribution in [-0.4, -0.2) is 26.9 Å². The van der Waals surface area contributed by atoms with Gasteiger partial charge in [-0.25, -0.2) is 0 Å². The Morgan fingerprint density at radius 2 is 2.04 bits per heavy atom. The fraction of sp³-hybridized carbons (Fsp3) is 0.375. The molecule has 0 bridgehead atoms. The SMILES string of the molecule is O=C1/C(=C/c2ccc(Cl)c([N+](=O)[O-])c2)NC(=S)N1C1CCCCC1. The predicted octanol–water partition coefficient (Wildman–Crippen LogP) is 3.64. The van der Waals surface area contributed by atoms with Crippen molar-refractivity contribution in [3.8, 4) is 0 Å². The lowest BCUT2D eigenvalue weighted by molar-refractivity contribution is -0.384. The van der Waals surface area contributed by atoms with Crippen LogP contribution in [0.15, 0.2) is 23.9 Å². The van der Waals surface area contributed by atoms with E-state index in [0.717, 1.165) is 25.7 Å². The molecule has 1 amide bonds. The summed E-state index contributed by atoms with van der Waals surface area (Å²) in [5.74, 6) is -0.176. The summed E-state index contributed by atoms with van der Waals surface area (Å²) in [6.07, 6.45) is 6.86. The smallest absolute Gasteiger partial charge is 0.288 e. The van der Waals surface area contributed by atoms with Crippen molar-refractivity contribution < 1.29 is 9.72 Å². The zero-order chi connectivity index (χ0) is 17.3. The maximum absolute atomic E-state index is 12.7. The molecule has 1 saturated carbocycles. The van der Waals surface area contributed by atoms with E-state index in [4.69, 9.17) is 23.8 Å². The van der Waals surface area contributed by atoms with E-state index in [9.17, 15) is 14.9 Å². The molecule has 1 aromatic rings. The largest absolute Gasteiger partial charge is 0.328 e. The molecule has 8 heteroatoms. The van der Waals surface area contributed by atoms with Gasteiger partial charge in [0, 0.05) is 12.1 Å². The molecular weight excluding hydrogens is 350 g/mol. The Morgan fingerprint density at radius 3 is 2.71 bits per heavy atom.